The average Bonchev–Trinajstić information content (AvgIpc) is 2.35. The van der Waals surface area contributed by atoms with Crippen LogP contribution in [0.2, 0.25) is 0 Å². The number of amides is 1. The highest BCUT2D eigenvalue weighted by Gasteiger charge is 2.32. The normalized spacial score (nSPS) is 18.6. The van der Waals surface area contributed by atoms with Crippen molar-refractivity contribution in [1.29, 1.82) is 0 Å². The zero-order valence-electron chi connectivity index (χ0n) is 12.6. The number of carbonyl (C=O) groups is 2. The molecule has 0 saturated carbocycles. The van der Waals surface area contributed by atoms with Crippen LogP contribution in [0.25, 0.3) is 0 Å². The molecule has 0 radical (unpaired) electrons. The van der Waals surface area contributed by atoms with Crippen molar-refractivity contribution in [2.24, 2.45) is 5.41 Å². The van der Waals surface area contributed by atoms with E-state index in [9.17, 15) is 9.59 Å². The van der Waals surface area contributed by atoms with E-state index in [0.717, 1.165) is 25.9 Å². The number of piperidine rings is 1. The van der Waals surface area contributed by atoms with E-state index in [2.05, 4.69) is 10.6 Å². The highest BCUT2D eigenvalue weighted by Crippen LogP contribution is 2.19. The number of hydrogen-bond donors (Lipinski definition) is 3. The maximum atomic E-state index is 11.8. The Bertz CT molecular complexity index is 333. The van der Waals surface area contributed by atoms with Crippen molar-refractivity contribution in [2.45, 2.75) is 52.2 Å². The van der Waals surface area contributed by atoms with Gasteiger partial charge in [0, 0.05) is 6.42 Å². The molecular formula is C14H26N2O4. The number of aliphatic carboxylic acids is 1. The molecule has 20 heavy (non-hydrogen) atoms. The second-order valence-electron chi connectivity index (χ2n) is 6.27. The van der Waals surface area contributed by atoms with Gasteiger partial charge in [-0.2, -0.15) is 0 Å². The van der Waals surface area contributed by atoms with Gasteiger partial charge in [0.25, 0.3) is 0 Å². The molecule has 6 heteroatoms. The minimum atomic E-state index is -1.01. The van der Waals surface area contributed by atoms with Gasteiger partial charge in [0.15, 0.2) is 0 Å². The van der Waals surface area contributed by atoms with Crippen LogP contribution in [0.3, 0.4) is 0 Å². The molecule has 0 spiro atoms. The van der Waals surface area contributed by atoms with Crippen LogP contribution in [0.1, 0.15) is 40.0 Å². The van der Waals surface area contributed by atoms with Gasteiger partial charge in [0.05, 0.1) is 12.7 Å². The molecule has 0 aromatic carbocycles. The summed E-state index contributed by atoms with van der Waals surface area (Å²) in [6.07, 6.45) is 2.33. The van der Waals surface area contributed by atoms with Crippen molar-refractivity contribution in [3.63, 3.8) is 0 Å². The number of hydrogen-bond acceptors (Lipinski definition) is 4. The lowest BCUT2D eigenvalue weighted by molar-refractivity contribution is -0.145. The van der Waals surface area contributed by atoms with Gasteiger partial charge >= 0.3 is 5.97 Å². The first-order valence-corrected chi connectivity index (χ1v) is 7.15. The standard InChI is InChI=1S/C14H26N2O4/c1-14(2,3)12(13(18)19)16-11(17)6-9-20-10-4-7-15-8-5-10/h10,12,15H,4-9H2,1-3H3,(H,16,17)(H,18,19)/t12-/m0/s1. The molecule has 1 saturated heterocycles. The van der Waals surface area contributed by atoms with Crippen LogP contribution >= 0.6 is 0 Å². The second-order valence-corrected chi connectivity index (χ2v) is 6.27. The third kappa shape index (κ3) is 5.88. The molecule has 1 atom stereocenters. The second kappa shape index (κ2) is 7.59. The summed E-state index contributed by atoms with van der Waals surface area (Å²) in [7, 11) is 0. The monoisotopic (exact) mass is 286 g/mol. The van der Waals surface area contributed by atoms with Gasteiger partial charge in [-0.15, -0.1) is 0 Å². The summed E-state index contributed by atoms with van der Waals surface area (Å²) < 4.78 is 5.63. The number of ether oxygens (including phenoxy) is 1. The largest absolute Gasteiger partial charge is 0.480 e. The van der Waals surface area contributed by atoms with Crippen LogP contribution in [0, 0.1) is 5.41 Å². The molecule has 3 N–H and O–H groups in total. The molecule has 1 amide bonds. The van der Waals surface area contributed by atoms with Gasteiger partial charge in [0.2, 0.25) is 5.91 Å². The van der Waals surface area contributed by atoms with Crippen molar-refractivity contribution in [1.82, 2.24) is 10.6 Å². The van der Waals surface area contributed by atoms with E-state index in [-0.39, 0.29) is 18.4 Å². The summed E-state index contributed by atoms with van der Waals surface area (Å²) in [5.41, 5.74) is -0.516. The minimum absolute atomic E-state index is 0.198. The van der Waals surface area contributed by atoms with Crippen molar-refractivity contribution in [3.05, 3.63) is 0 Å². The SMILES string of the molecule is CC(C)(C)[C@@H](NC(=O)CCOC1CCNCC1)C(=O)O. The summed E-state index contributed by atoms with van der Waals surface area (Å²) in [5.74, 6) is -1.29. The molecule has 1 rings (SSSR count). The summed E-state index contributed by atoms with van der Waals surface area (Å²) in [6, 6.07) is -0.881. The predicted octanol–water partition coefficient (Wildman–Crippen LogP) is 0.761. The fraction of sp³-hybridized carbons (Fsp3) is 0.857. The van der Waals surface area contributed by atoms with Gasteiger partial charge in [-0.1, -0.05) is 20.8 Å². The lowest BCUT2D eigenvalue weighted by Gasteiger charge is -2.28. The Morgan fingerprint density at radius 1 is 1.35 bits per heavy atom. The van der Waals surface area contributed by atoms with Gasteiger partial charge in [-0.3, -0.25) is 4.79 Å². The number of nitrogens with one attached hydrogen (secondary N) is 2. The molecule has 0 aliphatic carbocycles. The Balaban J connectivity index is 2.29. The molecule has 0 unspecified atom stereocenters. The summed E-state index contributed by atoms with van der Waals surface area (Å²) in [5, 5.41) is 14.9. The highest BCUT2D eigenvalue weighted by atomic mass is 16.5. The van der Waals surface area contributed by atoms with E-state index >= 15 is 0 Å². The van der Waals surface area contributed by atoms with E-state index in [1.807, 2.05) is 0 Å². The third-order valence-electron chi connectivity index (χ3n) is 3.39. The molecular weight excluding hydrogens is 260 g/mol. The highest BCUT2D eigenvalue weighted by molar-refractivity contribution is 5.84. The van der Waals surface area contributed by atoms with Crippen molar-refractivity contribution < 1.29 is 19.4 Å². The fourth-order valence-electron chi connectivity index (χ4n) is 2.16. The van der Waals surface area contributed by atoms with Crippen molar-refractivity contribution >= 4 is 11.9 Å². The number of rotatable bonds is 6. The first kappa shape index (κ1) is 16.9. The quantitative estimate of drug-likeness (QED) is 0.671. The van der Waals surface area contributed by atoms with E-state index in [0.29, 0.717) is 6.61 Å². The van der Waals surface area contributed by atoms with Crippen LogP contribution in [-0.4, -0.2) is 48.8 Å². The summed E-state index contributed by atoms with van der Waals surface area (Å²) in [4.78, 5) is 22.9. The fourth-order valence-corrected chi connectivity index (χ4v) is 2.16. The lowest BCUT2D eigenvalue weighted by atomic mass is 9.86. The zero-order valence-corrected chi connectivity index (χ0v) is 12.6. The Morgan fingerprint density at radius 3 is 2.45 bits per heavy atom. The Kier molecular flexibility index (Phi) is 6.42. The number of carbonyl (C=O) groups excluding carboxylic acids is 1. The van der Waals surface area contributed by atoms with Crippen molar-refractivity contribution in [3.8, 4) is 0 Å². The third-order valence-corrected chi connectivity index (χ3v) is 3.39. The molecule has 0 aromatic heterocycles. The van der Waals surface area contributed by atoms with Crippen molar-refractivity contribution in [2.75, 3.05) is 19.7 Å². The molecule has 0 bridgehead atoms. The molecule has 1 heterocycles. The topological polar surface area (TPSA) is 87.7 Å². The number of carboxylic acids is 1. The average molecular weight is 286 g/mol. The van der Waals surface area contributed by atoms with E-state index in [1.165, 1.54) is 0 Å². The zero-order chi connectivity index (χ0) is 15.2. The van der Waals surface area contributed by atoms with Crippen LogP contribution in [0.5, 0.6) is 0 Å². The predicted molar refractivity (Wildman–Crippen MR) is 75.5 cm³/mol. The minimum Gasteiger partial charge on any atom is -0.480 e. The Morgan fingerprint density at radius 2 is 1.95 bits per heavy atom. The van der Waals surface area contributed by atoms with Gasteiger partial charge in [-0.05, 0) is 31.3 Å². The summed E-state index contributed by atoms with van der Waals surface area (Å²) >= 11 is 0. The van der Waals surface area contributed by atoms with E-state index < -0.39 is 17.4 Å². The molecule has 1 aliphatic heterocycles. The maximum absolute atomic E-state index is 11.8. The first-order chi connectivity index (χ1) is 9.30. The molecule has 6 nitrogen and oxygen atoms in total. The number of carboxylic acid groups (broad SMARTS) is 1. The lowest BCUT2D eigenvalue weighted by Crippen LogP contribution is -2.49. The Labute approximate surface area is 120 Å². The van der Waals surface area contributed by atoms with Crippen LogP contribution in [0.4, 0.5) is 0 Å². The maximum Gasteiger partial charge on any atom is 0.326 e. The molecule has 116 valence electrons. The van der Waals surface area contributed by atoms with Crippen LogP contribution in [-0.2, 0) is 14.3 Å². The molecule has 0 aromatic rings. The van der Waals surface area contributed by atoms with Crippen LogP contribution in [0.15, 0.2) is 0 Å². The van der Waals surface area contributed by atoms with E-state index in [1.54, 1.807) is 20.8 Å². The summed E-state index contributed by atoms with van der Waals surface area (Å²) in [6.45, 7) is 7.60. The van der Waals surface area contributed by atoms with Gasteiger partial charge in [-0.25, -0.2) is 4.79 Å². The van der Waals surface area contributed by atoms with Gasteiger partial charge in [0.1, 0.15) is 6.04 Å². The first-order valence-electron chi connectivity index (χ1n) is 7.15. The Hall–Kier alpha value is -1.14. The van der Waals surface area contributed by atoms with E-state index in [4.69, 9.17) is 9.84 Å². The molecule has 1 fully saturated rings. The van der Waals surface area contributed by atoms with Crippen LogP contribution < -0.4 is 10.6 Å². The van der Waals surface area contributed by atoms with Gasteiger partial charge < -0.3 is 20.5 Å². The molecule has 1 aliphatic rings. The smallest absolute Gasteiger partial charge is 0.326 e.